The number of methoxy groups -OCH3 is 2. The zero-order valence-electron chi connectivity index (χ0n) is 19.2. The highest BCUT2D eigenvalue weighted by atomic mass is 32.2. The summed E-state index contributed by atoms with van der Waals surface area (Å²) < 4.78 is 38.9. The minimum atomic E-state index is -4.08. The van der Waals surface area contributed by atoms with Gasteiger partial charge in [-0.05, 0) is 36.8 Å². The fourth-order valence-electron chi connectivity index (χ4n) is 3.32. The van der Waals surface area contributed by atoms with E-state index in [-0.39, 0.29) is 23.1 Å². The predicted molar refractivity (Wildman–Crippen MR) is 128 cm³/mol. The monoisotopic (exact) mass is 468 g/mol. The lowest BCUT2D eigenvalue weighted by Crippen LogP contribution is -2.41. The molecule has 8 heteroatoms. The molecule has 0 aliphatic rings. The zero-order chi connectivity index (χ0) is 24.0. The van der Waals surface area contributed by atoms with Crippen LogP contribution in [0.5, 0.6) is 11.5 Å². The van der Waals surface area contributed by atoms with Gasteiger partial charge in [-0.25, -0.2) is 8.42 Å². The average Bonchev–Trinajstić information content (AvgIpc) is 2.83. The first-order chi connectivity index (χ1) is 15.8. The number of carbonyl (C=O) groups is 1. The molecule has 0 heterocycles. The molecule has 3 rings (SSSR count). The van der Waals surface area contributed by atoms with Gasteiger partial charge in [-0.3, -0.25) is 9.10 Å². The molecule has 0 saturated heterocycles. The Balaban J connectivity index is 1.96. The zero-order valence-corrected chi connectivity index (χ0v) is 20.0. The normalized spacial score (nSPS) is 11.0. The number of rotatable bonds is 9. The number of hydrogen-bond acceptors (Lipinski definition) is 5. The van der Waals surface area contributed by atoms with E-state index in [0.29, 0.717) is 18.0 Å². The van der Waals surface area contributed by atoms with Gasteiger partial charge in [0.2, 0.25) is 5.91 Å². The summed E-state index contributed by atoms with van der Waals surface area (Å²) in [7, 11) is 0.499. The maximum absolute atomic E-state index is 13.7. The first kappa shape index (κ1) is 24.1. The number of carbonyl (C=O) groups excluding carboxylic acids is 1. The number of benzene rings is 3. The van der Waals surface area contributed by atoms with Crippen molar-refractivity contribution in [3.8, 4) is 11.5 Å². The molecule has 0 bridgehead atoms. The molecular weight excluding hydrogens is 440 g/mol. The summed E-state index contributed by atoms with van der Waals surface area (Å²) in [4.78, 5) is 14.6. The van der Waals surface area contributed by atoms with Crippen molar-refractivity contribution in [1.82, 2.24) is 4.90 Å². The summed E-state index contributed by atoms with van der Waals surface area (Å²) in [5.41, 5.74) is 2.34. The standard InChI is InChI=1S/C25H28N2O5S/c1-19-10-12-21(13-11-19)27(18-25(28)26(2)17-20-8-6-5-7-9-20)33(29,30)22-14-15-23(31-3)24(16-22)32-4/h5-16H,17-18H2,1-4H3. The van der Waals surface area contributed by atoms with Crippen molar-refractivity contribution in [3.05, 3.63) is 83.9 Å². The molecule has 0 aliphatic carbocycles. The second kappa shape index (κ2) is 10.4. The van der Waals surface area contributed by atoms with Crippen LogP contribution < -0.4 is 13.8 Å². The molecule has 0 saturated carbocycles. The van der Waals surface area contributed by atoms with Crippen LogP contribution in [-0.2, 0) is 21.4 Å². The van der Waals surface area contributed by atoms with Crippen LogP contribution in [0, 0.1) is 6.92 Å². The van der Waals surface area contributed by atoms with Gasteiger partial charge in [0.1, 0.15) is 6.54 Å². The fourth-order valence-corrected chi connectivity index (χ4v) is 4.75. The van der Waals surface area contributed by atoms with Crippen molar-refractivity contribution in [1.29, 1.82) is 0 Å². The number of ether oxygens (including phenoxy) is 2. The van der Waals surface area contributed by atoms with Crippen molar-refractivity contribution in [2.45, 2.75) is 18.4 Å². The van der Waals surface area contributed by atoms with Crippen LogP contribution in [0.4, 0.5) is 5.69 Å². The third kappa shape index (κ3) is 5.64. The van der Waals surface area contributed by atoms with Gasteiger partial charge in [0.25, 0.3) is 10.0 Å². The maximum Gasteiger partial charge on any atom is 0.264 e. The number of anilines is 1. The SMILES string of the molecule is COc1ccc(S(=O)(=O)N(CC(=O)N(C)Cc2ccccc2)c2ccc(C)cc2)cc1OC. The molecule has 0 radical (unpaired) electrons. The molecule has 7 nitrogen and oxygen atoms in total. The highest BCUT2D eigenvalue weighted by Crippen LogP contribution is 2.32. The van der Waals surface area contributed by atoms with E-state index in [4.69, 9.17) is 9.47 Å². The lowest BCUT2D eigenvalue weighted by molar-refractivity contribution is -0.128. The molecule has 3 aromatic rings. The van der Waals surface area contributed by atoms with E-state index in [1.165, 1.54) is 37.3 Å². The van der Waals surface area contributed by atoms with E-state index in [9.17, 15) is 13.2 Å². The van der Waals surface area contributed by atoms with E-state index >= 15 is 0 Å². The molecule has 0 atom stereocenters. The van der Waals surface area contributed by atoms with Crippen molar-refractivity contribution in [2.75, 3.05) is 32.1 Å². The lowest BCUT2D eigenvalue weighted by atomic mass is 10.2. The summed E-state index contributed by atoms with van der Waals surface area (Å²) >= 11 is 0. The van der Waals surface area contributed by atoms with Gasteiger partial charge < -0.3 is 14.4 Å². The van der Waals surface area contributed by atoms with Crippen LogP contribution in [0.15, 0.2) is 77.7 Å². The first-order valence-corrected chi connectivity index (χ1v) is 11.8. The third-order valence-electron chi connectivity index (χ3n) is 5.23. The molecule has 0 fully saturated rings. The molecule has 1 amide bonds. The van der Waals surface area contributed by atoms with Crippen molar-refractivity contribution >= 4 is 21.6 Å². The number of sulfonamides is 1. The van der Waals surface area contributed by atoms with Crippen molar-refractivity contribution in [2.24, 2.45) is 0 Å². The van der Waals surface area contributed by atoms with E-state index in [1.54, 1.807) is 19.2 Å². The van der Waals surface area contributed by atoms with Gasteiger partial charge in [-0.15, -0.1) is 0 Å². The van der Waals surface area contributed by atoms with Crippen LogP contribution >= 0.6 is 0 Å². The Morgan fingerprint density at radius 2 is 1.52 bits per heavy atom. The van der Waals surface area contributed by atoms with Gasteiger partial charge in [0.15, 0.2) is 11.5 Å². The maximum atomic E-state index is 13.7. The minimum absolute atomic E-state index is 0.000706. The summed E-state index contributed by atoms with van der Waals surface area (Å²) in [6, 6.07) is 20.9. The number of amides is 1. The van der Waals surface area contributed by atoms with Crippen LogP contribution in [0.25, 0.3) is 0 Å². The molecule has 0 N–H and O–H groups in total. The first-order valence-electron chi connectivity index (χ1n) is 10.4. The Hall–Kier alpha value is -3.52. The van der Waals surface area contributed by atoms with E-state index in [2.05, 4.69) is 0 Å². The fraction of sp³-hybridized carbons (Fsp3) is 0.240. The number of nitrogens with zero attached hydrogens (tertiary/aromatic N) is 2. The summed E-state index contributed by atoms with van der Waals surface area (Å²) in [6.45, 7) is 1.94. The Bertz CT molecular complexity index is 1200. The molecule has 3 aromatic carbocycles. The predicted octanol–water partition coefficient (Wildman–Crippen LogP) is 3.87. The average molecular weight is 469 g/mol. The summed E-state index contributed by atoms with van der Waals surface area (Å²) in [5.74, 6) is 0.371. The molecule has 0 spiro atoms. The van der Waals surface area contributed by atoms with Crippen molar-refractivity contribution in [3.63, 3.8) is 0 Å². The van der Waals surface area contributed by atoms with Gasteiger partial charge in [-0.1, -0.05) is 48.0 Å². The molecule has 33 heavy (non-hydrogen) atoms. The van der Waals surface area contributed by atoms with E-state index in [1.807, 2.05) is 49.4 Å². The van der Waals surface area contributed by atoms with Crippen LogP contribution in [0.1, 0.15) is 11.1 Å². The Morgan fingerprint density at radius 3 is 2.12 bits per heavy atom. The number of aryl methyl sites for hydroxylation is 1. The highest BCUT2D eigenvalue weighted by molar-refractivity contribution is 7.92. The Kier molecular flexibility index (Phi) is 7.60. The molecule has 0 aromatic heterocycles. The smallest absolute Gasteiger partial charge is 0.264 e. The Morgan fingerprint density at radius 1 is 0.879 bits per heavy atom. The van der Waals surface area contributed by atoms with Gasteiger partial charge in [0, 0.05) is 19.7 Å². The molecule has 0 aliphatic heterocycles. The van der Waals surface area contributed by atoms with Crippen LogP contribution in [0.3, 0.4) is 0 Å². The summed E-state index contributed by atoms with van der Waals surface area (Å²) in [6.07, 6.45) is 0. The topological polar surface area (TPSA) is 76.2 Å². The van der Waals surface area contributed by atoms with Crippen LogP contribution in [-0.4, -0.2) is 47.0 Å². The second-order valence-corrected chi connectivity index (χ2v) is 9.46. The molecule has 0 unspecified atom stereocenters. The van der Waals surface area contributed by atoms with E-state index < -0.39 is 10.0 Å². The third-order valence-corrected chi connectivity index (χ3v) is 7.00. The summed E-state index contributed by atoms with van der Waals surface area (Å²) in [5, 5.41) is 0. The largest absolute Gasteiger partial charge is 0.493 e. The quantitative estimate of drug-likeness (QED) is 0.477. The highest BCUT2D eigenvalue weighted by Gasteiger charge is 2.29. The van der Waals surface area contributed by atoms with Gasteiger partial charge in [0.05, 0.1) is 24.8 Å². The van der Waals surface area contributed by atoms with Gasteiger partial charge in [-0.2, -0.15) is 0 Å². The van der Waals surface area contributed by atoms with E-state index in [0.717, 1.165) is 15.4 Å². The Labute approximate surface area is 195 Å². The lowest BCUT2D eigenvalue weighted by Gasteiger charge is -2.27. The van der Waals surface area contributed by atoms with Gasteiger partial charge >= 0.3 is 0 Å². The molecule has 174 valence electrons. The minimum Gasteiger partial charge on any atom is -0.493 e. The van der Waals surface area contributed by atoms with Crippen molar-refractivity contribution < 1.29 is 22.7 Å². The number of hydrogen-bond donors (Lipinski definition) is 0. The number of likely N-dealkylation sites (N-methyl/N-ethyl adjacent to an activating group) is 1. The molecular formula is C25H28N2O5S. The van der Waals surface area contributed by atoms with Crippen LogP contribution in [0.2, 0.25) is 0 Å². The second-order valence-electron chi connectivity index (χ2n) is 7.60.